The van der Waals surface area contributed by atoms with Gasteiger partial charge >= 0.3 is 0 Å². The fourth-order valence-corrected chi connectivity index (χ4v) is 3.34. The summed E-state index contributed by atoms with van der Waals surface area (Å²) < 4.78 is 5.55. The van der Waals surface area contributed by atoms with E-state index in [-0.39, 0.29) is 12.5 Å². The molecule has 1 aromatic rings. The molecule has 0 spiro atoms. The van der Waals surface area contributed by atoms with E-state index in [9.17, 15) is 4.79 Å². The highest BCUT2D eigenvalue weighted by atomic mass is 16.5. The summed E-state index contributed by atoms with van der Waals surface area (Å²) in [5.41, 5.74) is 1.60. The third kappa shape index (κ3) is 6.15. The highest BCUT2D eigenvalue weighted by molar-refractivity contribution is 5.80. The summed E-state index contributed by atoms with van der Waals surface area (Å²) in [6.45, 7) is 7.65. The Morgan fingerprint density at radius 3 is 2.63 bits per heavy atom. The van der Waals surface area contributed by atoms with Gasteiger partial charge in [0, 0.05) is 32.7 Å². The van der Waals surface area contributed by atoms with E-state index >= 15 is 0 Å². The summed E-state index contributed by atoms with van der Waals surface area (Å²) in [5, 5.41) is 6.39. The zero-order chi connectivity index (χ0) is 19.3. The minimum Gasteiger partial charge on any atom is -0.484 e. The molecule has 0 bridgehead atoms. The normalized spacial score (nSPS) is 19.1. The average molecular weight is 373 g/mol. The van der Waals surface area contributed by atoms with Crippen molar-refractivity contribution in [2.75, 3.05) is 33.3 Å². The van der Waals surface area contributed by atoms with Crippen molar-refractivity contribution < 1.29 is 9.53 Å². The number of nitrogens with zero attached hydrogens (tertiary/aromatic N) is 2. The van der Waals surface area contributed by atoms with Crippen molar-refractivity contribution in [3.8, 4) is 5.75 Å². The molecule has 2 N–H and O–H groups in total. The van der Waals surface area contributed by atoms with E-state index in [0.29, 0.717) is 11.5 Å². The van der Waals surface area contributed by atoms with E-state index in [1.807, 2.05) is 19.2 Å². The predicted molar refractivity (Wildman–Crippen MR) is 108 cm³/mol. The van der Waals surface area contributed by atoms with Gasteiger partial charge in [-0.2, -0.15) is 0 Å². The van der Waals surface area contributed by atoms with Crippen LogP contribution in [0.15, 0.2) is 29.3 Å². The van der Waals surface area contributed by atoms with E-state index in [1.54, 1.807) is 0 Å². The standard InChI is InChI=1S/C21H32N4O2/c1-21(2)11-13-25(15-21)20(22-3)23-12-10-16-4-8-18(9-5-16)27-14-19(26)24-17-6-7-17/h4-5,8-9,17H,6-7,10-15H2,1-3H3,(H,22,23)(H,24,26). The van der Waals surface area contributed by atoms with Crippen LogP contribution in [0.2, 0.25) is 0 Å². The Hall–Kier alpha value is -2.24. The van der Waals surface area contributed by atoms with Crippen molar-refractivity contribution >= 4 is 11.9 Å². The number of guanidine groups is 1. The third-order valence-electron chi connectivity index (χ3n) is 5.12. The molecule has 1 amide bonds. The zero-order valence-electron chi connectivity index (χ0n) is 16.8. The van der Waals surface area contributed by atoms with Gasteiger partial charge in [0.25, 0.3) is 5.91 Å². The smallest absolute Gasteiger partial charge is 0.258 e. The lowest BCUT2D eigenvalue weighted by Gasteiger charge is -2.23. The molecular formula is C21H32N4O2. The zero-order valence-corrected chi connectivity index (χ0v) is 16.8. The summed E-state index contributed by atoms with van der Waals surface area (Å²) in [6, 6.07) is 8.34. The average Bonchev–Trinajstić information content (AvgIpc) is 3.38. The number of carbonyl (C=O) groups is 1. The predicted octanol–water partition coefficient (Wildman–Crippen LogP) is 2.19. The Balaban J connectivity index is 1.38. The van der Waals surface area contributed by atoms with Crippen LogP contribution in [0.4, 0.5) is 0 Å². The molecular weight excluding hydrogens is 340 g/mol. The second-order valence-electron chi connectivity index (χ2n) is 8.33. The maximum Gasteiger partial charge on any atom is 0.258 e. The van der Waals surface area contributed by atoms with Gasteiger partial charge in [-0.25, -0.2) is 0 Å². The number of amides is 1. The van der Waals surface area contributed by atoms with Gasteiger partial charge in [-0.05, 0) is 48.8 Å². The number of aliphatic imine (C=N–C) groups is 1. The maximum atomic E-state index is 11.7. The van der Waals surface area contributed by atoms with E-state index < -0.39 is 0 Å². The lowest BCUT2D eigenvalue weighted by Crippen LogP contribution is -2.41. The van der Waals surface area contributed by atoms with E-state index in [0.717, 1.165) is 50.6 Å². The van der Waals surface area contributed by atoms with Gasteiger partial charge in [-0.3, -0.25) is 9.79 Å². The molecule has 1 heterocycles. The number of nitrogens with one attached hydrogen (secondary N) is 2. The molecule has 0 radical (unpaired) electrons. The molecule has 2 fully saturated rings. The molecule has 3 rings (SSSR count). The highest BCUT2D eigenvalue weighted by Gasteiger charge is 2.30. The number of benzene rings is 1. The van der Waals surface area contributed by atoms with Crippen molar-refractivity contribution in [2.45, 2.75) is 45.6 Å². The molecule has 6 heteroatoms. The number of hydrogen-bond donors (Lipinski definition) is 2. The Morgan fingerprint density at radius 1 is 1.30 bits per heavy atom. The molecule has 148 valence electrons. The molecule has 2 aliphatic rings. The molecule has 1 aliphatic heterocycles. The second-order valence-corrected chi connectivity index (χ2v) is 8.33. The van der Waals surface area contributed by atoms with Crippen LogP contribution < -0.4 is 15.4 Å². The van der Waals surface area contributed by atoms with Crippen molar-refractivity contribution in [1.29, 1.82) is 0 Å². The van der Waals surface area contributed by atoms with Gasteiger partial charge in [0.1, 0.15) is 5.75 Å². The lowest BCUT2D eigenvalue weighted by molar-refractivity contribution is -0.123. The molecule has 0 atom stereocenters. The topological polar surface area (TPSA) is 66.0 Å². The van der Waals surface area contributed by atoms with Gasteiger partial charge in [0.05, 0.1) is 0 Å². The van der Waals surface area contributed by atoms with Crippen LogP contribution in [0, 0.1) is 5.41 Å². The summed E-state index contributed by atoms with van der Waals surface area (Å²) in [7, 11) is 1.85. The minimum absolute atomic E-state index is 0.0396. The highest BCUT2D eigenvalue weighted by Crippen LogP contribution is 2.28. The Bertz CT molecular complexity index is 665. The maximum absolute atomic E-state index is 11.7. The fourth-order valence-electron chi connectivity index (χ4n) is 3.34. The first-order valence-corrected chi connectivity index (χ1v) is 9.92. The van der Waals surface area contributed by atoms with Crippen LogP contribution in [-0.2, 0) is 11.2 Å². The molecule has 27 heavy (non-hydrogen) atoms. The SMILES string of the molecule is CN=C(NCCc1ccc(OCC(=O)NC2CC2)cc1)N1CCC(C)(C)C1. The summed E-state index contributed by atoms with van der Waals surface area (Å²) in [6.07, 6.45) is 4.30. The summed E-state index contributed by atoms with van der Waals surface area (Å²) in [4.78, 5) is 18.4. The first-order valence-electron chi connectivity index (χ1n) is 9.92. The second kappa shape index (κ2) is 8.63. The first-order chi connectivity index (χ1) is 12.9. The van der Waals surface area contributed by atoms with Crippen molar-refractivity contribution in [2.24, 2.45) is 10.4 Å². The molecule has 1 saturated carbocycles. The third-order valence-corrected chi connectivity index (χ3v) is 5.12. The van der Waals surface area contributed by atoms with Crippen LogP contribution in [0.3, 0.4) is 0 Å². The fraction of sp³-hybridized carbons (Fsp3) is 0.619. The molecule has 6 nitrogen and oxygen atoms in total. The molecule has 1 aliphatic carbocycles. The van der Waals surface area contributed by atoms with E-state index in [1.165, 1.54) is 12.0 Å². The first kappa shape index (κ1) is 19.5. The van der Waals surface area contributed by atoms with Crippen molar-refractivity contribution in [1.82, 2.24) is 15.5 Å². The quantitative estimate of drug-likeness (QED) is 0.569. The van der Waals surface area contributed by atoms with E-state index in [4.69, 9.17) is 4.74 Å². The van der Waals surface area contributed by atoms with Gasteiger partial charge in [0.15, 0.2) is 12.6 Å². The minimum atomic E-state index is -0.0396. The number of carbonyl (C=O) groups excluding carboxylic acids is 1. The Labute approximate surface area is 162 Å². The van der Waals surface area contributed by atoms with E-state index in [2.05, 4.69) is 46.5 Å². The summed E-state index contributed by atoms with van der Waals surface area (Å²) in [5.74, 6) is 1.68. The molecule has 1 saturated heterocycles. The van der Waals surface area contributed by atoms with Gasteiger partial charge in [0.2, 0.25) is 0 Å². The largest absolute Gasteiger partial charge is 0.484 e. The number of hydrogen-bond acceptors (Lipinski definition) is 3. The molecule has 0 aromatic heterocycles. The number of likely N-dealkylation sites (tertiary alicyclic amines) is 1. The van der Waals surface area contributed by atoms with Crippen LogP contribution in [0.1, 0.15) is 38.7 Å². The van der Waals surface area contributed by atoms with Gasteiger partial charge in [-0.15, -0.1) is 0 Å². The van der Waals surface area contributed by atoms with Gasteiger partial charge < -0.3 is 20.3 Å². The van der Waals surface area contributed by atoms with Crippen LogP contribution in [0.25, 0.3) is 0 Å². The van der Waals surface area contributed by atoms with Crippen LogP contribution in [0.5, 0.6) is 5.75 Å². The van der Waals surface area contributed by atoms with Crippen LogP contribution in [-0.4, -0.2) is 56.1 Å². The summed E-state index contributed by atoms with van der Waals surface area (Å²) >= 11 is 0. The number of rotatable bonds is 7. The van der Waals surface area contributed by atoms with Crippen molar-refractivity contribution in [3.05, 3.63) is 29.8 Å². The van der Waals surface area contributed by atoms with Crippen molar-refractivity contribution in [3.63, 3.8) is 0 Å². The molecule has 1 aromatic carbocycles. The Kier molecular flexibility index (Phi) is 6.24. The van der Waals surface area contributed by atoms with Crippen LogP contribution >= 0.6 is 0 Å². The monoisotopic (exact) mass is 372 g/mol. The number of ether oxygens (including phenoxy) is 1. The Morgan fingerprint density at radius 2 is 2.04 bits per heavy atom. The molecule has 0 unspecified atom stereocenters. The lowest BCUT2D eigenvalue weighted by atomic mass is 9.93. The van der Waals surface area contributed by atoms with Gasteiger partial charge in [-0.1, -0.05) is 26.0 Å².